The maximum Gasteiger partial charge on any atom is 0.328 e. The third-order valence-corrected chi connectivity index (χ3v) is 6.30. The number of hydrogen-bond donors (Lipinski definition) is 2. The fraction of sp³-hybridized carbons (Fsp3) is 0.520. The van der Waals surface area contributed by atoms with Gasteiger partial charge in [-0.25, -0.2) is 4.79 Å². The molecule has 1 aromatic carbocycles. The number of Topliss-reactive ketones (excluding diaryl/α,β-unsaturated/α-hetero) is 1. The van der Waals surface area contributed by atoms with Crippen LogP contribution >= 0.6 is 34.8 Å². The molecule has 1 atom stereocenters. The molecule has 35 heavy (non-hydrogen) atoms. The van der Waals surface area contributed by atoms with Crippen LogP contribution in [0.2, 0.25) is 15.1 Å². The van der Waals surface area contributed by atoms with Gasteiger partial charge >= 0.3 is 5.97 Å². The van der Waals surface area contributed by atoms with Crippen molar-refractivity contribution in [1.29, 1.82) is 0 Å². The molecule has 1 aliphatic rings. The smallest absolute Gasteiger partial charge is 0.328 e. The minimum Gasteiger partial charge on any atom is -0.511 e. The number of allylic oxidation sites excluding steroid dienone is 2. The summed E-state index contributed by atoms with van der Waals surface area (Å²) >= 11 is 18.2. The zero-order valence-electron chi connectivity index (χ0n) is 20.5. The second-order valence-corrected chi connectivity index (χ2v) is 11.0. The van der Waals surface area contributed by atoms with E-state index < -0.39 is 17.9 Å². The van der Waals surface area contributed by atoms with E-state index in [1.54, 1.807) is 0 Å². The summed E-state index contributed by atoms with van der Waals surface area (Å²) in [4.78, 5) is 42.6. The van der Waals surface area contributed by atoms with E-state index in [2.05, 4.69) is 10.3 Å². The average Bonchev–Trinajstić information content (AvgIpc) is 2.69. The lowest BCUT2D eigenvalue weighted by Crippen LogP contribution is -2.42. The van der Waals surface area contributed by atoms with Crippen LogP contribution < -0.4 is 5.32 Å². The van der Waals surface area contributed by atoms with Crippen molar-refractivity contribution in [1.82, 2.24) is 5.32 Å². The fourth-order valence-corrected chi connectivity index (χ4v) is 4.95. The zero-order chi connectivity index (χ0) is 26.5. The molecule has 7 nitrogen and oxygen atoms in total. The molecule has 0 saturated heterocycles. The van der Waals surface area contributed by atoms with Gasteiger partial charge in [0.05, 0.1) is 28.3 Å². The molecule has 2 rings (SSSR count). The molecule has 0 aromatic heterocycles. The van der Waals surface area contributed by atoms with Crippen LogP contribution in [0.5, 0.6) is 0 Å². The van der Waals surface area contributed by atoms with Crippen LogP contribution in [0.3, 0.4) is 0 Å². The number of amides is 1. The normalized spacial score (nSPS) is 16.9. The molecule has 0 heterocycles. The number of rotatable bonds is 9. The summed E-state index contributed by atoms with van der Waals surface area (Å²) in [7, 11) is 1.21. The van der Waals surface area contributed by atoms with Crippen LogP contribution in [0, 0.1) is 11.3 Å². The van der Waals surface area contributed by atoms with Gasteiger partial charge in [0.2, 0.25) is 0 Å². The number of hydrogen-bond acceptors (Lipinski definition) is 6. The quantitative estimate of drug-likeness (QED) is 0.293. The number of nitrogens with zero attached hydrogens (tertiary/aromatic N) is 1. The number of ketones is 1. The minimum atomic E-state index is -1.04. The van der Waals surface area contributed by atoms with Crippen molar-refractivity contribution in [2.45, 2.75) is 59.4 Å². The van der Waals surface area contributed by atoms with Crippen molar-refractivity contribution >= 4 is 58.2 Å². The maximum atomic E-state index is 12.8. The van der Waals surface area contributed by atoms with Crippen LogP contribution in [-0.4, -0.2) is 48.2 Å². The van der Waals surface area contributed by atoms with Gasteiger partial charge in [0.15, 0.2) is 5.78 Å². The Labute approximate surface area is 220 Å². The number of carbonyl (C=O) groups excluding carboxylic acids is 3. The van der Waals surface area contributed by atoms with E-state index in [9.17, 15) is 19.5 Å². The van der Waals surface area contributed by atoms with E-state index in [0.29, 0.717) is 25.0 Å². The van der Waals surface area contributed by atoms with Crippen LogP contribution in [0.15, 0.2) is 28.5 Å². The molecular weight excluding hydrogens is 515 g/mol. The topological polar surface area (TPSA) is 105 Å². The molecule has 0 unspecified atom stereocenters. The van der Waals surface area contributed by atoms with E-state index in [1.807, 2.05) is 27.7 Å². The third kappa shape index (κ3) is 7.95. The first-order valence-corrected chi connectivity index (χ1v) is 12.4. The van der Waals surface area contributed by atoms with Crippen molar-refractivity contribution in [3.05, 3.63) is 44.1 Å². The number of ether oxygens (including phenoxy) is 1. The summed E-state index contributed by atoms with van der Waals surface area (Å²) in [6.07, 6.45) is 1.27. The van der Waals surface area contributed by atoms with E-state index in [4.69, 9.17) is 39.5 Å². The Hall–Kier alpha value is -2.09. The monoisotopic (exact) mass is 544 g/mol. The maximum absolute atomic E-state index is 12.8. The highest BCUT2D eigenvalue weighted by Crippen LogP contribution is 2.37. The largest absolute Gasteiger partial charge is 0.511 e. The number of benzene rings is 1. The molecule has 0 bridgehead atoms. The number of esters is 1. The Morgan fingerprint density at radius 1 is 1.17 bits per heavy atom. The second kappa shape index (κ2) is 12.2. The summed E-state index contributed by atoms with van der Waals surface area (Å²) in [6.45, 7) is 7.94. The van der Waals surface area contributed by atoms with E-state index in [0.717, 1.165) is 0 Å². The predicted molar refractivity (Wildman–Crippen MR) is 139 cm³/mol. The Morgan fingerprint density at radius 2 is 1.77 bits per heavy atom. The highest BCUT2D eigenvalue weighted by atomic mass is 35.5. The minimum absolute atomic E-state index is 0.0128. The Bertz CT molecular complexity index is 1040. The van der Waals surface area contributed by atoms with Crippen LogP contribution in [0.25, 0.3) is 0 Å². The van der Waals surface area contributed by atoms with Gasteiger partial charge in [-0.1, -0.05) is 62.5 Å². The molecule has 1 aliphatic carbocycles. The fourth-order valence-electron chi connectivity index (χ4n) is 3.96. The third-order valence-electron chi connectivity index (χ3n) is 5.49. The predicted octanol–water partition coefficient (Wildman–Crippen LogP) is 6.00. The van der Waals surface area contributed by atoms with Gasteiger partial charge in [-0.05, 0) is 36.3 Å². The van der Waals surface area contributed by atoms with Crippen molar-refractivity contribution in [2.24, 2.45) is 16.3 Å². The van der Waals surface area contributed by atoms with Gasteiger partial charge in [-0.15, -0.1) is 0 Å². The molecule has 0 fully saturated rings. The molecule has 0 spiro atoms. The van der Waals surface area contributed by atoms with Gasteiger partial charge < -0.3 is 15.2 Å². The summed E-state index contributed by atoms with van der Waals surface area (Å²) < 4.78 is 4.83. The Balaban J connectivity index is 2.26. The number of aliphatic imine (C=N–C) groups is 1. The van der Waals surface area contributed by atoms with Gasteiger partial charge in [-0.2, -0.15) is 0 Å². The molecule has 1 aromatic rings. The molecule has 0 saturated carbocycles. The molecule has 0 radical (unpaired) electrons. The lowest BCUT2D eigenvalue weighted by atomic mass is 9.75. The number of aliphatic hydroxyl groups is 1. The number of nitrogens with one attached hydrogen (secondary N) is 1. The van der Waals surface area contributed by atoms with Crippen LogP contribution in [0.1, 0.15) is 63.7 Å². The van der Waals surface area contributed by atoms with Crippen molar-refractivity contribution in [3.8, 4) is 0 Å². The van der Waals surface area contributed by atoms with E-state index >= 15 is 0 Å². The standard InChI is InChI=1S/C25H31Cl3N2O5/c1-13(2)8-18(22-19(31)11-25(3,4)12-20(22)32)29-7-6-17(24(34)35-5)30-23(33)21-15(27)9-14(26)10-16(21)28/h9-10,13,17,31H,6-8,11-12H2,1-5H3,(H,30,33)/t17-/m0/s1. The first-order valence-electron chi connectivity index (χ1n) is 11.3. The molecule has 10 heteroatoms. The Morgan fingerprint density at radius 3 is 2.29 bits per heavy atom. The summed E-state index contributed by atoms with van der Waals surface area (Å²) in [5.74, 6) is -1.26. The van der Waals surface area contributed by atoms with Gasteiger partial charge in [0.25, 0.3) is 5.91 Å². The van der Waals surface area contributed by atoms with Gasteiger partial charge in [0.1, 0.15) is 11.8 Å². The molecule has 192 valence electrons. The highest BCUT2D eigenvalue weighted by Gasteiger charge is 2.35. The lowest BCUT2D eigenvalue weighted by molar-refractivity contribution is -0.143. The zero-order valence-corrected chi connectivity index (χ0v) is 22.8. The first-order chi connectivity index (χ1) is 16.3. The highest BCUT2D eigenvalue weighted by molar-refractivity contribution is 6.42. The average molecular weight is 546 g/mol. The summed E-state index contributed by atoms with van der Waals surface area (Å²) in [5, 5.41) is 13.6. The second-order valence-electron chi connectivity index (χ2n) is 9.77. The number of halogens is 3. The SMILES string of the molecule is COC(=O)[C@H](CCN=C(CC(C)C)C1=C(O)CC(C)(C)CC1=O)NC(=O)c1c(Cl)cc(Cl)cc1Cl. The molecule has 2 N–H and O–H groups in total. The number of methoxy groups -OCH3 is 1. The summed E-state index contributed by atoms with van der Waals surface area (Å²) in [5.41, 5.74) is 0.423. The molecule has 0 aliphatic heterocycles. The molecule has 1 amide bonds. The van der Waals surface area contributed by atoms with Crippen molar-refractivity contribution in [2.75, 3.05) is 13.7 Å². The van der Waals surface area contributed by atoms with E-state index in [-0.39, 0.29) is 62.0 Å². The number of carbonyl (C=O) groups is 3. The van der Waals surface area contributed by atoms with E-state index in [1.165, 1.54) is 19.2 Å². The van der Waals surface area contributed by atoms with Gasteiger partial charge in [-0.3, -0.25) is 14.6 Å². The lowest BCUT2D eigenvalue weighted by Gasteiger charge is -2.30. The Kier molecular flexibility index (Phi) is 10.2. The van der Waals surface area contributed by atoms with Crippen LogP contribution in [-0.2, 0) is 14.3 Å². The van der Waals surface area contributed by atoms with Crippen molar-refractivity contribution < 1.29 is 24.2 Å². The summed E-state index contributed by atoms with van der Waals surface area (Å²) in [6, 6.07) is 1.72. The van der Waals surface area contributed by atoms with Crippen LogP contribution in [0.4, 0.5) is 0 Å². The molecular formula is C25H31Cl3N2O5. The first kappa shape index (κ1) is 29.1. The van der Waals surface area contributed by atoms with Crippen molar-refractivity contribution in [3.63, 3.8) is 0 Å². The number of aliphatic hydroxyl groups excluding tert-OH is 1. The van der Waals surface area contributed by atoms with Gasteiger partial charge in [0, 0.05) is 30.1 Å².